The Labute approximate surface area is 111 Å². The van der Waals surface area contributed by atoms with Gasteiger partial charge in [0.25, 0.3) is 5.91 Å². The van der Waals surface area contributed by atoms with Crippen LogP contribution < -0.4 is 16.2 Å². The van der Waals surface area contributed by atoms with Crippen molar-refractivity contribution in [2.24, 2.45) is 5.73 Å². The van der Waals surface area contributed by atoms with Crippen LogP contribution in [0.1, 0.15) is 16.8 Å². The van der Waals surface area contributed by atoms with E-state index in [4.69, 9.17) is 16.2 Å². The number of aromatic nitrogens is 2. The second-order valence-corrected chi connectivity index (χ2v) is 4.07. The van der Waals surface area contributed by atoms with Crippen molar-refractivity contribution in [1.29, 1.82) is 0 Å². The molecule has 0 aliphatic heterocycles. The van der Waals surface area contributed by atoms with Crippen LogP contribution in [0.3, 0.4) is 0 Å². The minimum absolute atomic E-state index is 0.163. The van der Waals surface area contributed by atoms with Crippen LogP contribution in [0.4, 0.5) is 5.82 Å². The molecular weight excluding hydrogens is 244 g/mol. The first-order valence-electron chi connectivity index (χ1n) is 5.97. The number of ether oxygens (including phenoxy) is 1. The van der Waals surface area contributed by atoms with Crippen LogP contribution in [0.5, 0.6) is 5.75 Å². The fourth-order valence-corrected chi connectivity index (χ4v) is 1.67. The van der Waals surface area contributed by atoms with Gasteiger partial charge in [0.2, 0.25) is 0 Å². The van der Waals surface area contributed by atoms with E-state index in [0.717, 1.165) is 12.2 Å². The number of nitrogens with two attached hydrogens (primary N) is 2. The number of benzene rings is 1. The predicted octanol–water partition coefficient (Wildman–Crippen LogP) is 1.03. The van der Waals surface area contributed by atoms with Crippen LogP contribution in [0.2, 0.25) is 0 Å². The van der Waals surface area contributed by atoms with Gasteiger partial charge in [0.1, 0.15) is 11.3 Å². The molecule has 0 fully saturated rings. The highest BCUT2D eigenvalue weighted by Gasteiger charge is 2.10. The lowest BCUT2D eigenvalue weighted by molar-refractivity contribution is 0.100. The number of nitrogens with zero attached hydrogens (tertiary/aromatic N) is 2. The molecule has 6 heteroatoms. The van der Waals surface area contributed by atoms with E-state index in [1.54, 1.807) is 10.9 Å². The summed E-state index contributed by atoms with van der Waals surface area (Å²) in [5.74, 6) is 0.432. The quantitative estimate of drug-likeness (QED) is 0.758. The third-order valence-electron chi connectivity index (χ3n) is 2.60. The Bertz CT molecular complexity index is 551. The fourth-order valence-electron chi connectivity index (χ4n) is 1.67. The summed E-state index contributed by atoms with van der Waals surface area (Å²) in [5, 5.41) is 4.01. The van der Waals surface area contributed by atoms with E-state index in [0.29, 0.717) is 13.2 Å². The first-order valence-corrected chi connectivity index (χ1v) is 5.97. The summed E-state index contributed by atoms with van der Waals surface area (Å²) in [6, 6.07) is 9.57. The first-order chi connectivity index (χ1) is 9.16. The zero-order valence-corrected chi connectivity index (χ0v) is 10.5. The summed E-state index contributed by atoms with van der Waals surface area (Å²) < 4.78 is 7.15. The Morgan fingerprint density at radius 3 is 2.68 bits per heavy atom. The molecule has 100 valence electrons. The summed E-state index contributed by atoms with van der Waals surface area (Å²) in [4.78, 5) is 11.0. The number of hydrogen-bond acceptors (Lipinski definition) is 4. The van der Waals surface area contributed by atoms with E-state index in [-0.39, 0.29) is 11.4 Å². The van der Waals surface area contributed by atoms with E-state index in [9.17, 15) is 4.79 Å². The molecule has 1 aromatic carbocycles. The Kier molecular flexibility index (Phi) is 4.02. The van der Waals surface area contributed by atoms with E-state index in [1.165, 1.54) is 0 Å². The monoisotopic (exact) mass is 260 g/mol. The van der Waals surface area contributed by atoms with Crippen molar-refractivity contribution in [3.63, 3.8) is 0 Å². The Morgan fingerprint density at radius 1 is 1.32 bits per heavy atom. The molecule has 0 atom stereocenters. The van der Waals surface area contributed by atoms with Gasteiger partial charge in [-0.25, -0.2) is 0 Å². The third-order valence-corrected chi connectivity index (χ3v) is 2.60. The topological polar surface area (TPSA) is 96.2 Å². The molecule has 0 aliphatic carbocycles. The molecule has 0 aliphatic rings. The second kappa shape index (κ2) is 5.90. The molecule has 4 N–H and O–H groups in total. The van der Waals surface area contributed by atoms with E-state index in [2.05, 4.69) is 5.10 Å². The van der Waals surface area contributed by atoms with Crippen LogP contribution in [0.15, 0.2) is 36.5 Å². The number of para-hydroxylation sites is 1. The molecule has 2 aromatic rings. The van der Waals surface area contributed by atoms with Crippen LogP contribution in [-0.2, 0) is 6.54 Å². The number of carbonyl (C=O) groups excluding carboxylic acids is 1. The van der Waals surface area contributed by atoms with Crippen molar-refractivity contribution in [1.82, 2.24) is 9.78 Å². The Hall–Kier alpha value is -2.50. The number of amides is 1. The lowest BCUT2D eigenvalue weighted by Crippen LogP contribution is -2.11. The smallest absolute Gasteiger partial charge is 0.254 e. The summed E-state index contributed by atoms with van der Waals surface area (Å²) in [5.41, 5.74) is 11.0. The van der Waals surface area contributed by atoms with Gasteiger partial charge < -0.3 is 16.2 Å². The van der Waals surface area contributed by atoms with Crippen molar-refractivity contribution < 1.29 is 9.53 Å². The van der Waals surface area contributed by atoms with Crippen LogP contribution in [-0.4, -0.2) is 22.3 Å². The largest absolute Gasteiger partial charge is 0.494 e. The summed E-state index contributed by atoms with van der Waals surface area (Å²) in [6.07, 6.45) is 2.31. The summed E-state index contributed by atoms with van der Waals surface area (Å²) >= 11 is 0. The zero-order chi connectivity index (χ0) is 13.7. The van der Waals surface area contributed by atoms with Crippen LogP contribution >= 0.6 is 0 Å². The molecule has 1 aromatic heterocycles. The number of hydrogen-bond donors (Lipinski definition) is 2. The Morgan fingerprint density at radius 2 is 2.05 bits per heavy atom. The van der Waals surface area contributed by atoms with Gasteiger partial charge >= 0.3 is 0 Å². The van der Waals surface area contributed by atoms with Gasteiger partial charge in [-0.05, 0) is 12.1 Å². The first kappa shape index (κ1) is 12.9. The van der Waals surface area contributed by atoms with E-state index >= 15 is 0 Å². The summed E-state index contributed by atoms with van der Waals surface area (Å²) in [6.45, 7) is 1.18. The predicted molar refractivity (Wildman–Crippen MR) is 71.7 cm³/mol. The second-order valence-electron chi connectivity index (χ2n) is 4.07. The maximum atomic E-state index is 11.0. The van der Waals surface area contributed by atoms with Crippen molar-refractivity contribution in [3.05, 3.63) is 42.1 Å². The molecule has 0 radical (unpaired) electrons. The molecule has 0 unspecified atom stereocenters. The SMILES string of the molecule is NC(=O)c1cn(CCCOc2ccccc2)nc1N. The van der Waals surface area contributed by atoms with Gasteiger partial charge in [0.15, 0.2) is 5.82 Å². The number of primary amides is 1. The van der Waals surface area contributed by atoms with Gasteiger partial charge in [-0.3, -0.25) is 9.48 Å². The average molecular weight is 260 g/mol. The highest BCUT2D eigenvalue weighted by Crippen LogP contribution is 2.10. The maximum Gasteiger partial charge on any atom is 0.254 e. The average Bonchev–Trinajstić information content (AvgIpc) is 2.77. The molecule has 0 bridgehead atoms. The zero-order valence-electron chi connectivity index (χ0n) is 10.5. The highest BCUT2D eigenvalue weighted by atomic mass is 16.5. The van der Waals surface area contributed by atoms with Gasteiger partial charge in [0.05, 0.1) is 6.61 Å². The number of carbonyl (C=O) groups is 1. The Balaban J connectivity index is 1.80. The highest BCUT2D eigenvalue weighted by molar-refractivity contribution is 5.96. The molecule has 0 saturated heterocycles. The van der Waals surface area contributed by atoms with Gasteiger partial charge in [-0.15, -0.1) is 0 Å². The molecule has 0 saturated carbocycles. The lowest BCUT2D eigenvalue weighted by atomic mass is 10.3. The van der Waals surface area contributed by atoms with Crippen LogP contribution in [0, 0.1) is 0 Å². The standard InChI is InChI=1S/C13H16N4O2/c14-12-11(13(15)18)9-17(16-12)7-4-8-19-10-5-2-1-3-6-10/h1-3,5-6,9H,4,7-8H2,(H2,14,16)(H2,15,18). The van der Waals surface area contributed by atoms with Gasteiger partial charge in [-0.1, -0.05) is 18.2 Å². The third kappa shape index (κ3) is 3.48. The number of rotatable bonds is 6. The lowest BCUT2D eigenvalue weighted by Gasteiger charge is -2.05. The van der Waals surface area contributed by atoms with Crippen LogP contribution in [0.25, 0.3) is 0 Å². The number of anilines is 1. The minimum atomic E-state index is -0.565. The van der Waals surface area contributed by atoms with Crippen molar-refractivity contribution in [2.75, 3.05) is 12.3 Å². The van der Waals surface area contributed by atoms with Crippen molar-refractivity contribution >= 4 is 11.7 Å². The van der Waals surface area contributed by atoms with E-state index in [1.807, 2.05) is 30.3 Å². The molecular formula is C13H16N4O2. The maximum absolute atomic E-state index is 11.0. The molecule has 2 rings (SSSR count). The molecule has 0 spiro atoms. The molecule has 1 amide bonds. The van der Waals surface area contributed by atoms with Crippen molar-refractivity contribution in [3.8, 4) is 5.75 Å². The molecule has 1 heterocycles. The normalized spacial score (nSPS) is 10.3. The fraction of sp³-hybridized carbons (Fsp3) is 0.231. The van der Waals surface area contributed by atoms with E-state index < -0.39 is 5.91 Å². The van der Waals surface area contributed by atoms with Crippen molar-refractivity contribution in [2.45, 2.75) is 13.0 Å². The summed E-state index contributed by atoms with van der Waals surface area (Å²) in [7, 11) is 0. The van der Waals surface area contributed by atoms with Gasteiger partial charge in [-0.2, -0.15) is 5.10 Å². The van der Waals surface area contributed by atoms with Gasteiger partial charge in [0, 0.05) is 19.2 Å². The number of nitrogen functional groups attached to an aromatic ring is 1. The molecule has 6 nitrogen and oxygen atoms in total. The number of aryl methyl sites for hydroxylation is 1. The molecule has 19 heavy (non-hydrogen) atoms. The minimum Gasteiger partial charge on any atom is -0.494 e.